The summed E-state index contributed by atoms with van der Waals surface area (Å²) in [4.78, 5) is 15.4. The number of aromatic nitrogens is 1. The third-order valence-corrected chi connectivity index (χ3v) is 1.94. The van der Waals surface area contributed by atoms with Gasteiger partial charge in [-0.15, -0.1) is 0 Å². The van der Waals surface area contributed by atoms with Crippen molar-refractivity contribution in [1.29, 1.82) is 0 Å². The molecule has 0 spiro atoms. The van der Waals surface area contributed by atoms with Crippen LogP contribution < -0.4 is 10.4 Å². The minimum absolute atomic E-state index is 0.00801. The van der Waals surface area contributed by atoms with E-state index in [9.17, 15) is 4.79 Å². The lowest BCUT2D eigenvalue weighted by Crippen LogP contribution is -2.03. The van der Waals surface area contributed by atoms with E-state index >= 15 is 0 Å². The van der Waals surface area contributed by atoms with Gasteiger partial charge in [0.05, 0.1) is 18.0 Å². The number of fused-ring (bicyclic) bond motifs is 1. The molecule has 0 radical (unpaired) electrons. The number of aryl methyl sites for hydroxylation is 1. The second-order valence-electron chi connectivity index (χ2n) is 2.99. The van der Waals surface area contributed by atoms with E-state index in [2.05, 4.69) is 4.98 Å². The van der Waals surface area contributed by atoms with E-state index < -0.39 is 5.63 Å². The van der Waals surface area contributed by atoms with Gasteiger partial charge in [0.1, 0.15) is 0 Å². The molecule has 0 unspecified atom stereocenters. The molecule has 14 heavy (non-hydrogen) atoms. The zero-order valence-electron chi connectivity index (χ0n) is 7.90. The minimum atomic E-state index is -0.421. The van der Waals surface area contributed by atoms with Gasteiger partial charge in [0, 0.05) is 0 Å². The second kappa shape index (κ2) is 3.14. The summed E-state index contributed by atoms with van der Waals surface area (Å²) in [6, 6.07) is 5.39. The molecular formula is C10H9NO3. The van der Waals surface area contributed by atoms with E-state index in [0.717, 1.165) is 5.56 Å². The van der Waals surface area contributed by atoms with Gasteiger partial charge in [-0.2, -0.15) is 4.98 Å². The molecule has 0 amide bonds. The van der Waals surface area contributed by atoms with Crippen LogP contribution in [0, 0.1) is 6.92 Å². The molecule has 0 aliphatic heterocycles. The molecule has 1 heterocycles. The van der Waals surface area contributed by atoms with Crippen LogP contribution in [-0.2, 0) is 0 Å². The van der Waals surface area contributed by atoms with Gasteiger partial charge in [-0.1, -0.05) is 11.6 Å². The Morgan fingerprint density at radius 1 is 1.43 bits per heavy atom. The number of benzene rings is 1. The first-order chi connectivity index (χ1) is 6.70. The summed E-state index contributed by atoms with van der Waals surface area (Å²) in [7, 11) is 1.41. The van der Waals surface area contributed by atoms with Gasteiger partial charge in [0.15, 0.2) is 0 Å². The van der Waals surface area contributed by atoms with Crippen molar-refractivity contribution in [3.05, 3.63) is 34.2 Å². The number of rotatable bonds is 1. The minimum Gasteiger partial charge on any atom is -0.453 e. The highest BCUT2D eigenvalue weighted by molar-refractivity contribution is 5.77. The molecule has 0 aliphatic carbocycles. The number of ether oxygens (including phenoxy) is 1. The Bertz CT molecular complexity index is 530. The Hall–Kier alpha value is -1.84. The average Bonchev–Trinajstić information content (AvgIpc) is 2.19. The van der Waals surface area contributed by atoms with Crippen molar-refractivity contribution >= 4 is 10.9 Å². The van der Waals surface area contributed by atoms with Crippen molar-refractivity contribution in [1.82, 2.24) is 4.98 Å². The first kappa shape index (κ1) is 8.74. The quantitative estimate of drug-likeness (QED) is 0.685. The Morgan fingerprint density at radius 2 is 2.21 bits per heavy atom. The maximum Gasteiger partial charge on any atom is 0.396 e. The molecule has 2 aromatic rings. The van der Waals surface area contributed by atoms with Gasteiger partial charge in [0.25, 0.3) is 0 Å². The molecule has 4 heteroatoms. The standard InChI is InChI=1S/C10H9NO3/c1-6-3-4-8-7(5-6)9(12)14-10(11-8)13-2/h3-5H,1-2H3. The molecule has 4 nitrogen and oxygen atoms in total. The highest BCUT2D eigenvalue weighted by Crippen LogP contribution is 2.13. The zero-order valence-corrected chi connectivity index (χ0v) is 7.90. The van der Waals surface area contributed by atoms with E-state index in [4.69, 9.17) is 9.15 Å². The largest absolute Gasteiger partial charge is 0.453 e. The van der Waals surface area contributed by atoms with E-state index in [1.54, 1.807) is 12.1 Å². The molecular weight excluding hydrogens is 182 g/mol. The predicted octanol–water partition coefficient (Wildman–Crippen LogP) is 1.51. The van der Waals surface area contributed by atoms with Crippen LogP contribution in [0.4, 0.5) is 0 Å². The lowest BCUT2D eigenvalue weighted by molar-refractivity contribution is 0.270. The van der Waals surface area contributed by atoms with E-state index in [0.29, 0.717) is 10.9 Å². The number of hydrogen-bond donors (Lipinski definition) is 0. The van der Waals surface area contributed by atoms with Crippen molar-refractivity contribution in [3.8, 4) is 6.08 Å². The third-order valence-electron chi connectivity index (χ3n) is 1.94. The van der Waals surface area contributed by atoms with Crippen molar-refractivity contribution < 1.29 is 9.15 Å². The molecule has 0 fully saturated rings. The lowest BCUT2D eigenvalue weighted by atomic mass is 10.2. The number of nitrogens with zero attached hydrogens (tertiary/aromatic N) is 1. The number of hydrogen-bond acceptors (Lipinski definition) is 4. The molecule has 2 rings (SSSR count). The maximum absolute atomic E-state index is 11.4. The predicted molar refractivity (Wildman–Crippen MR) is 51.6 cm³/mol. The molecule has 0 bridgehead atoms. The van der Waals surface area contributed by atoms with Crippen molar-refractivity contribution in [2.24, 2.45) is 0 Å². The van der Waals surface area contributed by atoms with Crippen LogP contribution in [0.2, 0.25) is 0 Å². The molecule has 0 N–H and O–H groups in total. The second-order valence-corrected chi connectivity index (χ2v) is 2.99. The average molecular weight is 191 g/mol. The van der Waals surface area contributed by atoms with Gasteiger partial charge in [0.2, 0.25) is 0 Å². The molecule has 0 saturated heterocycles. The SMILES string of the molecule is COc1nc2ccc(C)cc2c(=O)o1. The normalized spacial score (nSPS) is 10.4. The molecule has 0 aliphatic rings. The molecule has 0 atom stereocenters. The summed E-state index contributed by atoms with van der Waals surface area (Å²) in [5.74, 6) is 0. The molecule has 1 aromatic carbocycles. The van der Waals surface area contributed by atoms with Gasteiger partial charge in [-0.25, -0.2) is 4.79 Å². The topological polar surface area (TPSA) is 52.3 Å². The van der Waals surface area contributed by atoms with Crippen LogP contribution in [0.5, 0.6) is 6.08 Å². The molecule has 0 saturated carbocycles. The monoisotopic (exact) mass is 191 g/mol. The Balaban J connectivity index is 2.83. The fraction of sp³-hybridized carbons (Fsp3) is 0.200. The smallest absolute Gasteiger partial charge is 0.396 e. The van der Waals surface area contributed by atoms with Gasteiger partial charge in [-0.3, -0.25) is 0 Å². The van der Waals surface area contributed by atoms with Crippen molar-refractivity contribution in [2.45, 2.75) is 6.92 Å². The van der Waals surface area contributed by atoms with Crippen LogP contribution >= 0.6 is 0 Å². The maximum atomic E-state index is 11.4. The molecule has 1 aromatic heterocycles. The summed E-state index contributed by atoms with van der Waals surface area (Å²) in [6.07, 6.45) is -0.00801. The van der Waals surface area contributed by atoms with Crippen molar-refractivity contribution in [2.75, 3.05) is 7.11 Å². The Kier molecular flexibility index (Phi) is 1.96. The first-order valence-electron chi connectivity index (χ1n) is 4.16. The number of methoxy groups -OCH3 is 1. The lowest BCUT2D eigenvalue weighted by Gasteiger charge is -1.99. The van der Waals surface area contributed by atoms with Gasteiger partial charge >= 0.3 is 11.7 Å². The van der Waals surface area contributed by atoms with Crippen LogP contribution in [0.15, 0.2) is 27.4 Å². The molecule has 72 valence electrons. The summed E-state index contributed by atoms with van der Waals surface area (Å²) < 4.78 is 9.56. The third kappa shape index (κ3) is 1.35. The zero-order chi connectivity index (χ0) is 10.1. The van der Waals surface area contributed by atoms with Crippen LogP contribution in [0.3, 0.4) is 0 Å². The van der Waals surface area contributed by atoms with E-state index in [1.807, 2.05) is 13.0 Å². The highest BCUT2D eigenvalue weighted by atomic mass is 16.6. The summed E-state index contributed by atoms with van der Waals surface area (Å²) in [5, 5.41) is 0.478. The summed E-state index contributed by atoms with van der Waals surface area (Å²) in [6.45, 7) is 1.91. The first-order valence-corrected chi connectivity index (χ1v) is 4.16. The van der Waals surface area contributed by atoms with Crippen LogP contribution in [0.25, 0.3) is 10.9 Å². The Morgan fingerprint density at radius 3 is 2.93 bits per heavy atom. The highest BCUT2D eigenvalue weighted by Gasteiger charge is 2.05. The van der Waals surface area contributed by atoms with E-state index in [-0.39, 0.29) is 6.08 Å². The van der Waals surface area contributed by atoms with Gasteiger partial charge in [-0.05, 0) is 19.1 Å². The van der Waals surface area contributed by atoms with Crippen LogP contribution in [0.1, 0.15) is 5.56 Å². The van der Waals surface area contributed by atoms with Crippen molar-refractivity contribution in [3.63, 3.8) is 0 Å². The van der Waals surface area contributed by atoms with Gasteiger partial charge < -0.3 is 9.15 Å². The summed E-state index contributed by atoms with van der Waals surface area (Å²) in [5.41, 5.74) is 1.16. The summed E-state index contributed by atoms with van der Waals surface area (Å²) >= 11 is 0. The van der Waals surface area contributed by atoms with E-state index in [1.165, 1.54) is 7.11 Å². The van der Waals surface area contributed by atoms with Crippen LogP contribution in [-0.4, -0.2) is 12.1 Å². The Labute approximate surface area is 80.1 Å². The fourth-order valence-electron chi connectivity index (χ4n) is 1.25. The fourth-order valence-corrected chi connectivity index (χ4v) is 1.25.